The number of hydrogen-bond acceptors (Lipinski definition) is 3. The number of halogens is 1. The van der Waals surface area contributed by atoms with Crippen molar-refractivity contribution in [2.24, 2.45) is 0 Å². The standard InChI is InChI=1S/C10H13ClN2S/c11-8-1-2-9(12-5-8)6-13-10-3-4-14-7-10/h1-2,5,10,13H,3-4,6-7H2. The molecular formula is C10H13ClN2S. The molecule has 1 aliphatic heterocycles. The summed E-state index contributed by atoms with van der Waals surface area (Å²) in [4.78, 5) is 4.24. The molecule has 1 aromatic heterocycles. The largest absolute Gasteiger partial charge is 0.308 e. The maximum atomic E-state index is 5.75. The van der Waals surface area contributed by atoms with E-state index >= 15 is 0 Å². The van der Waals surface area contributed by atoms with Gasteiger partial charge in [0.25, 0.3) is 0 Å². The summed E-state index contributed by atoms with van der Waals surface area (Å²) in [5.41, 5.74) is 1.06. The minimum absolute atomic E-state index is 0.664. The van der Waals surface area contributed by atoms with Crippen molar-refractivity contribution in [3.63, 3.8) is 0 Å². The molecule has 2 rings (SSSR count). The third kappa shape index (κ3) is 2.87. The highest BCUT2D eigenvalue weighted by Crippen LogP contribution is 2.17. The predicted octanol–water partition coefficient (Wildman–Crippen LogP) is 2.33. The first-order valence-electron chi connectivity index (χ1n) is 4.76. The first-order chi connectivity index (χ1) is 6.84. The zero-order chi connectivity index (χ0) is 9.80. The summed E-state index contributed by atoms with van der Waals surface area (Å²) in [7, 11) is 0. The molecule has 1 fully saturated rings. The first-order valence-corrected chi connectivity index (χ1v) is 6.29. The average molecular weight is 229 g/mol. The Hall–Kier alpha value is -0.250. The average Bonchev–Trinajstić information content (AvgIpc) is 2.70. The lowest BCUT2D eigenvalue weighted by molar-refractivity contribution is 0.552. The Kier molecular flexibility index (Phi) is 3.67. The quantitative estimate of drug-likeness (QED) is 0.860. The van der Waals surface area contributed by atoms with Gasteiger partial charge in [-0.15, -0.1) is 0 Å². The third-order valence-corrected chi connectivity index (χ3v) is 3.68. The lowest BCUT2D eigenvalue weighted by Crippen LogP contribution is -2.28. The van der Waals surface area contributed by atoms with Crippen LogP contribution in [0.1, 0.15) is 12.1 Å². The van der Waals surface area contributed by atoms with Gasteiger partial charge >= 0.3 is 0 Å². The molecule has 4 heteroatoms. The molecule has 0 amide bonds. The molecule has 0 aliphatic carbocycles. The highest BCUT2D eigenvalue weighted by Gasteiger charge is 2.14. The number of thioether (sulfide) groups is 1. The van der Waals surface area contributed by atoms with Gasteiger partial charge in [-0.25, -0.2) is 0 Å². The van der Waals surface area contributed by atoms with E-state index in [2.05, 4.69) is 10.3 Å². The van der Waals surface area contributed by atoms with Gasteiger partial charge < -0.3 is 5.32 Å². The van der Waals surface area contributed by atoms with Gasteiger partial charge in [0, 0.05) is 24.5 Å². The van der Waals surface area contributed by atoms with Gasteiger partial charge in [0.2, 0.25) is 0 Å². The van der Waals surface area contributed by atoms with Gasteiger partial charge in [-0.2, -0.15) is 11.8 Å². The Bertz CT molecular complexity index is 283. The summed E-state index contributed by atoms with van der Waals surface area (Å²) < 4.78 is 0. The summed E-state index contributed by atoms with van der Waals surface area (Å²) in [5.74, 6) is 2.51. The fourth-order valence-electron chi connectivity index (χ4n) is 1.46. The molecule has 0 aromatic carbocycles. The van der Waals surface area contributed by atoms with Gasteiger partial charge in [-0.1, -0.05) is 11.6 Å². The molecular weight excluding hydrogens is 216 g/mol. The maximum Gasteiger partial charge on any atom is 0.0589 e. The normalized spacial score (nSPS) is 21.4. The van der Waals surface area contributed by atoms with Crippen molar-refractivity contribution in [2.75, 3.05) is 11.5 Å². The van der Waals surface area contributed by atoms with E-state index in [1.807, 2.05) is 23.9 Å². The van der Waals surface area contributed by atoms with Crippen molar-refractivity contribution < 1.29 is 0 Å². The van der Waals surface area contributed by atoms with Crippen molar-refractivity contribution in [1.82, 2.24) is 10.3 Å². The number of nitrogens with zero attached hydrogens (tertiary/aromatic N) is 1. The topological polar surface area (TPSA) is 24.9 Å². The van der Waals surface area contributed by atoms with Crippen LogP contribution in [0, 0.1) is 0 Å². The third-order valence-electron chi connectivity index (χ3n) is 2.29. The first kappa shape index (κ1) is 10.3. The second-order valence-electron chi connectivity index (χ2n) is 3.41. The van der Waals surface area contributed by atoms with Crippen molar-refractivity contribution in [3.8, 4) is 0 Å². The van der Waals surface area contributed by atoms with E-state index in [-0.39, 0.29) is 0 Å². The van der Waals surface area contributed by atoms with E-state index in [9.17, 15) is 0 Å². The van der Waals surface area contributed by atoms with Crippen LogP contribution in [0.4, 0.5) is 0 Å². The van der Waals surface area contributed by atoms with Crippen molar-refractivity contribution >= 4 is 23.4 Å². The van der Waals surface area contributed by atoms with E-state index in [0.29, 0.717) is 11.1 Å². The SMILES string of the molecule is Clc1ccc(CNC2CCSC2)nc1. The second-order valence-corrected chi connectivity index (χ2v) is 5.00. The van der Waals surface area contributed by atoms with Gasteiger partial charge in [-0.05, 0) is 24.3 Å². The highest BCUT2D eigenvalue weighted by molar-refractivity contribution is 7.99. The van der Waals surface area contributed by atoms with Crippen molar-refractivity contribution in [2.45, 2.75) is 19.0 Å². The van der Waals surface area contributed by atoms with Crippen LogP contribution in [0.2, 0.25) is 5.02 Å². The van der Waals surface area contributed by atoms with Crippen LogP contribution >= 0.6 is 23.4 Å². The molecule has 2 heterocycles. The van der Waals surface area contributed by atoms with Gasteiger partial charge in [0.05, 0.1) is 10.7 Å². The fraction of sp³-hybridized carbons (Fsp3) is 0.500. The smallest absolute Gasteiger partial charge is 0.0589 e. The zero-order valence-corrected chi connectivity index (χ0v) is 9.44. The van der Waals surface area contributed by atoms with Crippen molar-refractivity contribution in [3.05, 3.63) is 29.0 Å². The number of nitrogens with one attached hydrogen (secondary N) is 1. The summed E-state index contributed by atoms with van der Waals surface area (Å²) >= 11 is 7.77. The molecule has 0 radical (unpaired) electrons. The van der Waals surface area contributed by atoms with Crippen molar-refractivity contribution in [1.29, 1.82) is 0 Å². The Balaban J connectivity index is 1.82. The molecule has 1 N–H and O–H groups in total. The number of hydrogen-bond donors (Lipinski definition) is 1. The Labute approximate surface area is 93.4 Å². The molecule has 1 unspecified atom stereocenters. The monoisotopic (exact) mass is 228 g/mol. The van der Waals surface area contributed by atoms with Crippen LogP contribution in [0.15, 0.2) is 18.3 Å². The van der Waals surface area contributed by atoms with Crippen LogP contribution < -0.4 is 5.32 Å². The molecule has 14 heavy (non-hydrogen) atoms. The second kappa shape index (κ2) is 5.01. The van der Waals surface area contributed by atoms with E-state index in [1.165, 1.54) is 17.9 Å². The maximum absolute atomic E-state index is 5.75. The number of rotatable bonds is 3. The van der Waals surface area contributed by atoms with Gasteiger partial charge in [-0.3, -0.25) is 4.98 Å². The summed E-state index contributed by atoms with van der Waals surface area (Å²) in [6, 6.07) is 4.52. The van der Waals surface area contributed by atoms with Gasteiger partial charge in [0.1, 0.15) is 0 Å². The number of pyridine rings is 1. The fourth-order valence-corrected chi connectivity index (χ4v) is 2.75. The van der Waals surface area contributed by atoms with Crippen LogP contribution in [-0.4, -0.2) is 22.5 Å². The lowest BCUT2D eigenvalue weighted by Gasteiger charge is -2.10. The molecule has 1 atom stereocenters. The van der Waals surface area contributed by atoms with E-state index in [4.69, 9.17) is 11.6 Å². The lowest BCUT2D eigenvalue weighted by atomic mass is 10.2. The van der Waals surface area contributed by atoms with Crippen LogP contribution in [0.25, 0.3) is 0 Å². The Morgan fingerprint density at radius 1 is 1.57 bits per heavy atom. The number of aromatic nitrogens is 1. The minimum atomic E-state index is 0.664. The molecule has 1 aliphatic rings. The predicted molar refractivity (Wildman–Crippen MR) is 61.8 cm³/mol. The highest BCUT2D eigenvalue weighted by atomic mass is 35.5. The van der Waals surface area contributed by atoms with Crippen LogP contribution in [0.5, 0.6) is 0 Å². The van der Waals surface area contributed by atoms with Gasteiger partial charge in [0.15, 0.2) is 0 Å². The molecule has 1 aromatic rings. The van der Waals surface area contributed by atoms with E-state index in [1.54, 1.807) is 6.20 Å². The molecule has 76 valence electrons. The minimum Gasteiger partial charge on any atom is -0.308 e. The summed E-state index contributed by atoms with van der Waals surface area (Å²) in [5, 5.41) is 4.19. The Morgan fingerprint density at radius 3 is 3.14 bits per heavy atom. The Morgan fingerprint density at radius 2 is 2.50 bits per heavy atom. The molecule has 0 saturated carbocycles. The van der Waals surface area contributed by atoms with Crippen LogP contribution in [-0.2, 0) is 6.54 Å². The molecule has 2 nitrogen and oxygen atoms in total. The summed E-state index contributed by atoms with van der Waals surface area (Å²) in [6.07, 6.45) is 2.97. The van der Waals surface area contributed by atoms with E-state index < -0.39 is 0 Å². The molecule has 0 bridgehead atoms. The molecule has 1 saturated heterocycles. The summed E-state index contributed by atoms with van der Waals surface area (Å²) in [6.45, 7) is 0.850. The van der Waals surface area contributed by atoms with Crippen LogP contribution in [0.3, 0.4) is 0 Å². The zero-order valence-electron chi connectivity index (χ0n) is 7.87. The molecule has 0 spiro atoms. The van der Waals surface area contributed by atoms with E-state index in [0.717, 1.165) is 12.2 Å².